The number of carbonyl (C=O) groups excluding carboxylic acids is 1. The molecular formula is C29H32ClF2N3O4S. The predicted molar refractivity (Wildman–Crippen MR) is 150 cm³/mol. The highest BCUT2D eigenvalue weighted by Gasteiger charge is 2.53. The maximum absolute atomic E-state index is 16.1. The first kappa shape index (κ1) is 28.7. The molecule has 2 saturated heterocycles. The fourth-order valence-electron chi connectivity index (χ4n) is 5.78. The number of benzene rings is 3. The van der Waals surface area contributed by atoms with Gasteiger partial charge in [-0.3, -0.25) is 4.79 Å². The second kappa shape index (κ2) is 10.9. The molecule has 7 nitrogen and oxygen atoms in total. The highest BCUT2D eigenvalue weighted by molar-refractivity contribution is 7.89. The van der Waals surface area contributed by atoms with Crippen molar-refractivity contribution in [3.05, 3.63) is 71.2 Å². The van der Waals surface area contributed by atoms with Crippen LogP contribution in [0.3, 0.4) is 0 Å². The Bertz CT molecular complexity index is 1500. The van der Waals surface area contributed by atoms with E-state index in [9.17, 15) is 13.2 Å². The molecule has 40 heavy (non-hydrogen) atoms. The van der Waals surface area contributed by atoms with Crippen molar-refractivity contribution in [2.75, 3.05) is 0 Å². The van der Waals surface area contributed by atoms with Crippen LogP contribution in [-0.2, 0) is 20.7 Å². The number of hydrogen-bond acceptors (Lipinski definition) is 5. The van der Waals surface area contributed by atoms with Crippen molar-refractivity contribution in [2.45, 2.75) is 80.6 Å². The maximum atomic E-state index is 16.1. The predicted octanol–water partition coefficient (Wildman–Crippen LogP) is 5.20. The van der Waals surface area contributed by atoms with Crippen LogP contribution in [0.15, 0.2) is 65.6 Å². The molecule has 0 aromatic heterocycles. The zero-order chi connectivity index (χ0) is 28.8. The molecule has 0 radical (unpaired) electrons. The molecule has 3 aromatic carbocycles. The third kappa shape index (κ3) is 5.68. The number of hydrogen-bond donors (Lipinski definition) is 2. The van der Waals surface area contributed by atoms with Gasteiger partial charge in [-0.2, -0.15) is 13.5 Å². The molecule has 2 aliphatic heterocycles. The second-order valence-corrected chi connectivity index (χ2v) is 13.0. The summed E-state index contributed by atoms with van der Waals surface area (Å²) in [7, 11) is -4.55. The van der Waals surface area contributed by atoms with Gasteiger partial charge in [0, 0.05) is 28.7 Å². The van der Waals surface area contributed by atoms with Crippen LogP contribution in [0.5, 0.6) is 5.75 Å². The van der Waals surface area contributed by atoms with Crippen molar-refractivity contribution >= 4 is 38.3 Å². The average Bonchev–Trinajstić information content (AvgIpc) is 3.17. The number of rotatable bonds is 8. The quantitative estimate of drug-likeness (QED) is 0.375. The molecule has 1 amide bonds. The largest absolute Gasteiger partial charge is 0.491 e. The first-order valence-corrected chi connectivity index (χ1v) is 15.2. The molecule has 214 valence electrons. The van der Waals surface area contributed by atoms with Crippen LogP contribution in [0.2, 0.25) is 5.02 Å². The van der Waals surface area contributed by atoms with Crippen LogP contribution in [0.4, 0.5) is 8.78 Å². The molecule has 0 spiro atoms. The lowest BCUT2D eigenvalue weighted by molar-refractivity contribution is -0.149. The van der Waals surface area contributed by atoms with Gasteiger partial charge in [0.1, 0.15) is 5.75 Å². The lowest BCUT2D eigenvalue weighted by Crippen LogP contribution is -2.60. The highest BCUT2D eigenvalue weighted by atomic mass is 35.5. The van der Waals surface area contributed by atoms with Gasteiger partial charge in [-0.25, -0.2) is 8.42 Å². The van der Waals surface area contributed by atoms with Gasteiger partial charge in [-0.05, 0) is 86.7 Å². The number of carbonyl (C=O) groups is 1. The number of nitrogens with zero attached hydrogens (tertiary/aromatic N) is 1. The molecule has 2 unspecified atom stereocenters. The summed E-state index contributed by atoms with van der Waals surface area (Å²) < 4.78 is 67.1. The van der Waals surface area contributed by atoms with Gasteiger partial charge in [0.2, 0.25) is 15.9 Å². The summed E-state index contributed by atoms with van der Waals surface area (Å²) in [4.78, 5) is 15.0. The molecule has 2 fully saturated rings. The minimum Gasteiger partial charge on any atom is -0.491 e. The fourth-order valence-corrected chi connectivity index (χ4v) is 7.13. The van der Waals surface area contributed by atoms with E-state index in [0.717, 1.165) is 17.5 Å². The normalized spacial score (nSPS) is 22.1. The summed E-state index contributed by atoms with van der Waals surface area (Å²) in [6, 6.07) is 11.1. The minimum absolute atomic E-state index is 0.0380. The fraction of sp³-hybridized carbons (Fsp3) is 0.414. The van der Waals surface area contributed by atoms with Crippen molar-refractivity contribution in [2.24, 2.45) is 5.73 Å². The van der Waals surface area contributed by atoms with Crippen LogP contribution in [0.25, 0.3) is 10.8 Å². The Balaban J connectivity index is 1.50. The van der Waals surface area contributed by atoms with E-state index >= 15 is 8.78 Å². The molecule has 2 aliphatic rings. The van der Waals surface area contributed by atoms with Gasteiger partial charge in [-0.1, -0.05) is 35.9 Å². The zero-order valence-electron chi connectivity index (χ0n) is 22.2. The summed E-state index contributed by atoms with van der Waals surface area (Å²) >= 11 is 5.90. The lowest BCUT2D eigenvalue weighted by Gasteiger charge is -2.41. The van der Waals surface area contributed by atoms with Crippen molar-refractivity contribution < 1.29 is 26.7 Å². The maximum Gasteiger partial charge on any atom is 0.298 e. The second-order valence-electron chi connectivity index (χ2n) is 10.9. The van der Waals surface area contributed by atoms with E-state index < -0.39 is 33.5 Å². The van der Waals surface area contributed by atoms with E-state index in [1.54, 1.807) is 24.3 Å². The summed E-state index contributed by atoms with van der Waals surface area (Å²) in [5.41, 5.74) is 5.60. The third-order valence-corrected chi connectivity index (χ3v) is 9.27. The van der Waals surface area contributed by atoms with E-state index in [1.165, 1.54) is 29.2 Å². The van der Waals surface area contributed by atoms with E-state index in [-0.39, 0.29) is 34.1 Å². The van der Waals surface area contributed by atoms with Crippen LogP contribution in [0.1, 0.15) is 45.1 Å². The summed E-state index contributed by atoms with van der Waals surface area (Å²) in [6.07, 6.45) is 2.22. The van der Waals surface area contributed by atoms with Crippen LogP contribution in [-0.4, -0.2) is 49.5 Å². The molecule has 2 heterocycles. The average molecular weight is 592 g/mol. The number of nitrogens with two attached hydrogens (primary N) is 1. The van der Waals surface area contributed by atoms with Gasteiger partial charge in [0.15, 0.2) is 6.04 Å². The number of sulfonamides is 1. The smallest absolute Gasteiger partial charge is 0.298 e. The number of ether oxygens (including phenoxy) is 1. The van der Waals surface area contributed by atoms with Gasteiger partial charge < -0.3 is 15.4 Å². The zero-order valence-corrected chi connectivity index (χ0v) is 23.8. The standard InChI is InChI=1S/C29H32ClF2N3O4S/c1-17(2)39-25-11-3-19-14-26(12-4-18(19)13-25)40(37,38)34-27(29(31,32)20-5-7-21(30)8-6-20)28(36)35-23-9-10-24(35)16-22(33)15-23/h3-8,11-14,17,22-24,27,34H,9-10,15-16,33H2,1-2H3/t22?,23?,24?,27-/m0/s1. The molecule has 3 atom stereocenters. The van der Waals surface area contributed by atoms with Crippen LogP contribution >= 0.6 is 11.6 Å². The first-order chi connectivity index (χ1) is 18.8. The highest BCUT2D eigenvalue weighted by Crippen LogP contribution is 2.40. The van der Waals surface area contributed by atoms with Gasteiger partial charge >= 0.3 is 0 Å². The third-order valence-electron chi connectivity index (χ3n) is 7.60. The number of halogens is 3. The molecule has 5 rings (SSSR count). The Morgan fingerprint density at radius 3 is 2.25 bits per heavy atom. The molecule has 3 aromatic rings. The van der Waals surface area contributed by atoms with Crippen molar-refractivity contribution in [1.82, 2.24) is 9.62 Å². The van der Waals surface area contributed by atoms with Crippen LogP contribution < -0.4 is 15.2 Å². The SMILES string of the molecule is CC(C)Oc1ccc2cc(S(=O)(=O)N[C@@H](C(=O)N3C4CCC3CC(N)C4)C(F)(F)c3ccc(Cl)cc3)ccc2c1. The van der Waals surface area contributed by atoms with Crippen LogP contribution in [0, 0.1) is 0 Å². The van der Waals surface area contributed by atoms with Gasteiger partial charge in [0.05, 0.1) is 11.0 Å². The van der Waals surface area contributed by atoms with E-state index in [0.29, 0.717) is 36.8 Å². The van der Waals surface area contributed by atoms with Crippen molar-refractivity contribution in [3.63, 3.8) is 0 Å². The number of fused-ring (bicyclic) bond motifs is 3. The molecular weight excluding hydrogens is 560 g/mol. The van der Waals surface area contributed by atoms with Gasteiger partial charge in [0.25, 0.3) is 5.92 Å². The van der Waals surface area contributed by atoms with E-state index in [1.807, 2.05) is 13.8 Å². The number of amides is 1. The topological polar surface area (TPSA) is 102 Å². The minimum atomic E-state index is -4.55. The number of nitrogens with one attached hydrogen (secondary N) is 1. The molecule has 11 heteroatoms. The number of piperidine rings is 1. The Morgan fingerprint density at radius 1 is 1.02 bits per heavy atom. The Labute approximate surface area is 237 Å². The molecule has 3 N–H and O–H groups in total. The molecule has 0 aliphatic carbocycles. The van der Waals surface area contributed by atoms with E-state index in [2.05, 4.69) is 4.72 Å². The van der Waals surface area contributed by atoms with Crippen molar-refractivity contribution in [1.29, 1.82) is 0 Å². The molecule has 2 bridgehead atoms. The Morgan fingerprint density at radius 2 is 1.62 bits per heavy atom. The number of alkyl halides is 2. The Kier molecular flexibility index (Phi) is 7.82. The summed E-state index contributed by atoms with van der Waals surface area (Å²) in [6.45, 7) is 3.79. The monoisotopic (exact) mass is 591 g/mol. The van der Waals surface area contributed by atoms with E-state index in [4.69, 9.17) is 22.1 Å². The lowest BCUT2D eigenvalue weighted by atomic mass is 9.95. The first-order valence-electron chi connectivity index (χ1n) is 13.3. The Hall–Kier alpha value is -2.79. The van der Waals surface area contributed by atoms with Gasteiger partial charge in [-0.15, -0.1) is 0 Å². The molecule has 0 saturated carbocycles. The summed E-state index contributed by atoms with van der Waals surface area (Å²) in [5, 5.41) is 1.54. The van der Waals surface area contributed by atoms with Crippen molar-refractivity contribution in [3.8, 4) is 5.75 Å². The summed E-state index contributed by atoms with van der Waals surface area (Å²) in [5.74, 6) is -4.20.